The van der Waals surface area contributed by atoms with Crippen molar-refractivity contribution < 1.29 is 22.4 Å². The molecule has 3 aromatic carbocycles. The molecule has 2 unspecified atom stereocenters. The third kappa shape index (κ3) is 6.45. The first-order valence-corrected chi connectivity index (χ1v) is 13.9. The Hall–Kier alpha value is -3.72. The highest BCUT2D eigenvalue weighted by Crippen LogP contribution is 2.38. The van der Waals surface area contributed by atoms with Gasteiger partial charge in [0.1, 0.15) is 11.6 Å². The number of aryl methyl sites for hydroxylation is 1. The Labute approximate surface area is 237 Å². The molecule has 5 rings (SSSR count). The van der Waals surface area contributed by atoms with Crippen LogP contribution >= 0.6 is 0 Å². The van der Waals surface area contributed by atoms with Crippen LogP contribution in [-0.4, -0.2) is 41.0 Å². The maximum atomic E-state index is 14.3. The fraction of sp³-hybridized carbons (Fsp3) is 0.375. The first-order chi connectivity index (χ1) is 19.5. The Morgan fingerprint density at radius 2 is 1.76 bits per heavy atom. The highest BCUT2D eigenvalue weighted by Gasteiger charge is 2.32. The zero-order chi connectivity index (χ0) is 29.3. The van der Waals surface area contributed by atoms with E-state index in [9.17, 15) is 22.4 Å². The third-order valence-electron chi connectivity index (χ3n) is 8.07. The van der Waals surface area contributed by atoms with Gasteiger partial charge in [-0.15, -0.1) is 0 Å². The molecule has 1 fully saturated rings. The van der Waals surface area contributed by atoms with E-state index in [1.54, 1.807) is 0 Å². The lowest BCUT2D eigenvalue weighted by molar-refractivity contribution is -0.137. The molecule has 0 bridgehead atoms. The van der Waals surface area contributed by atoms with E-state index < -0.39 is 17.6 Å². The Bertz CT molecular complexity index is 1540. The predicted octanol–water partition coefficient (Wildman–Crippen LogP) is 7.41. The average Bonchev–Trinajstić information content (AvgIpc) is 3.27. The molecular weight excluding hydrogens is 532 g/mol. The second-order valence-corrected chi connectivity index (χ2v) is 11.2. The number of hydrogen-bond acceptors (Lipinski definition) is 3. The molecular formula is C32H34F4N4O. The normalized spacial score (nSPS) is 17.8. The number of anilines is 1. The molecule has 9 heteroatoms. The molecule has 216 valence electrons. The Balaban J connectivity index is 1.25. The topological polar surface area (TPSA) is 50.2 Å². The summed E-state index contributed by atoms with van der Waals surface area (Å²) in [7, 11) is 6.15. The van der Waals surface area contributed by atoms with Gasteiger partial charge in [-0.3, -0.25) is 4.79 Å². The van der Waals surface area contributed by atoms with Gasteiger partial charge in [0.05, 0.1) is 22.3 Å². The first kappa shape index (κ1) is 28.8. The molecule has 0 saturated heterocycles. The zero-order valence-electron chi connectivity index (χ0n) is 23.4. The van der Waals surface area contributed by atoms with E-state index in [-0.39, 0.29) is 23.4 Å². The predicted molar refractivity (Wildman–Crippen MR) is 153 cm³/mol. The summed E-state index contributed by atoms with van der Waals surface area (Å²) in [4.78, 5) is 19.9. The minimum absolute atomic E-state index is 0.170. The summed E-state index contributed by atoms with van der Waals surface area (Å²) < 4.78 is 55.0. The summed E-state index contributed by atoms with van der Waals surface area (Å²) >= 11 is 0. The van der Waals surface area contributed by atoms with E-state index in [1.165, 1.54) is 0 Å². The van der Waals surface area contributed by atoms with Crippen molar-refractivity contribution in [1.82, 2.24) is 14.5 Å². The average molecular weight is 567 g/mol. The second-order valence-electron chi connectivity index (χ2n) is 11.2. The fourth-order valence-corrected chi connectivity index (χ4v) is 5.68. The first-order valence-electron chi connectivity index (χ1n) is 13.9. The maximum absolute atomic E-state index is 14.3. The highest BCUT2D eigenvalue weighted by atomic mass is 19.4. The van der Waals surface area contributed by atoms with Gasteiger partial charge in [-0.2, -0.15) is 13.2 Å². The van der Waals surface area contributed by atoms with Crippen LogP contribution in [0.15, 0.2) is 60.7 Å². The van der Waals surface area contributed by atoms with Crippen LogP contribution in [-0.2, 0) is 24.4 Å². The van der Waals surface area contributed by atoms with Gasteiger partial charge >= 0.3 is 6.18 Å². The molecule has 41 heavy (non-hydrogen) atoms. The molecule has 1 N–H and O–H groups in total. The van der Waals surface area contributed by atoms with Crippen LogP contribution in [0.5, 0.6) is 0 Å². The van der Waals surface area contributed by atoms with E-state index in [1.807, 2.05) is 7.05 Å². The molecule has 1 heterocycles. The van der Waals surface area contributed by atoms with Crippen molar-refractivity contribution in [2.75, 3.05) is 26.0 Å². The smallest absolute Gasteiger partial charge is 0.331 e. The van der Waals surface area contributed by atoms with Gasteiger partial charge in [-0.05, 0) is 86.3 Å². The number of benzene rings is 3. The van der Waals surface area contributed by atoms with Crippen molar-refractivity contribution in [2.24, 2.45) is 13.0 Å². The van der Waals surface area contributed by atoms with E-state index in [4.69, 9.17) is 4.98 Å². The number of halogens is 4. The standard InChI is InChI=1S/C32H34F4N4O/c1-39(2)16-15-30-37-28-18-23(11-14-29(28)40(30)3)21-9-7-20(8-10-21)22-5-4-6-24(17-22)31(41)38-27-13-12-25(19-26(27)33)32(34,35)36/h7-14,18-19,22,24H,4-6,15-17H2,1-3H3,(H,38,41). The van der Waals surface area contributed by atoms with E-state index in [2.05, 4.69) is 71.3 Å². The van der Waals surface area contributed by atoms with E-state index in [0.29, 0.717) is 18.9 Å². The lowest BCUT2D eigenvalue weighted by Gasteiger charge is -2.29. The number of carbonyl (C=O) groups excluding carboxylic acids is 1. The van der Waals surface area contributed by atoms with Crippen LogP contribution in [0.3, 0.4) is 0 Å². The summed E-state index contributed by atoms with van der Waals surface area (Å²) in [5, 5.41) is 2.50. The molecule has 4 aromatic rings. The van der Waals surface area contributed by atoms with Crippen LogP contribution in [0.25, 0.3) is 22.2 Å². The lowest BCUT2D eigenvalue weighted by Crippen LogP contribution is -2.28. The van der Waals surface area contributed by atoms with E-state index >= 15 is 0 Å². The molecule has 0 radical (unpaired) electrons. The van der Waals surface area contributed by atoms with Crippen LogP contribution in [0.1, 0.15) is 48.6 Å². The highest BCUT2D eigenvalue weighted by molar-refractivity contribution is 5.92. The Morgan fingerprint density at radius 3 is 2.44 bits per heavy atom. The van der Waals surface area contributed by atoms with Gasteiger partial charge in [0.2, 0.25) is 5.91 Å². The monoisotopic (exact) mass is 566 g/mol. The summed E-state index contributed by atoms with van der Waals surface area (Å²) in [6.45, 7) is 0.932. The van der Waals surface area contributed by atoms with E-state index in [0.717, 1.165) is 71.5 Å². The van der Waals surface area contributed by atoms with Crippen LogP contribution in [0.2, 0.25) is 0 Å². The number of nitrogens with one attached hydrogen (secondary N) is 1. The van der Waals surface area contributed by atoms with Crippen molar-refractivity contribution in [3.05, 3.63) is 83.4 Å². The molecule has 1 saturated carbocycles. The summed E-state index contributed by atoms with van der Waals surface area (Å²) in [5.74, 6) is -0.576. The number of aromatic nitrogens is 2. The van der Waals surface area contributed by atoms with Gasteiger partial charge in [0.15, 0.2) is 0 Å². The van der Waals surface area contributed by atoms with Gasteiger partial charge in [-0.25, -0.2) is 9.37 Å². The maximum Gasteiger partial charge on any atom is 0.416 e. The number of alkyl halides is 3. The number of likely N-dealkylation sites (N-methyl/N-ethyl adjacent to an activating group) is 1. The van der Waals surface area contributed by atoms with Gasteiger partial charge in [0.25, 0.3) is 0 Å². The van der Waals surface area contributed by atoms with Crippen molar-refractivity contribution in [3.63, 3.8) is 0 Å². The number of rotatable bonds is 7. The number of amides is 1. The molecule has 1 aliphatic carbocycles. The minimum Gasteiger partial charge on any atom is -0.331 e. The molecule has 2 atom stereocenters. The Morgan fingerprint density at radius 1 is 1.02 bits per heavy atom. The zero-order valence-corrected chi connectivity index (χ0v) is 23.4. The number of hydrogen-bond donors (Lipinski definition) is 1. The molecule has 1 aromatic heterocycles. The molecule has 1 amide bonds. The van der Waals surface area contributed by atoms with Gasteiger partial charge in [-0.1, -0.05) is 36.8 Å². The quantitative estimate of drug-likeness (QED) is 0.237. The van der Waals surface area contributed by atoms with Gasteiger partial charge in [0, 0.05) is 25.9 Å². The van der Waals surface area contributed by atoms with Crippen molar-refractivity contribution in [2.45, 2.75) is 44.2 Å². The minimum atomic E-state index is -4.64. The SMILES string of the molecule is CN(C)CCc1nc2cc(-c3ccc(C4CCCC(C(=O)Nc5ccc(C(F)(F)F)cc5F)C4)cc3)ccc2n1C. The Kier molecular flexibility index (Phi) is 8.18. The molecule has 1 aliphatic rings. The van der Waals surface area contributed by atoms with Crippen molar-refractivity contribution in [1.29, 1.82) is 0 Å². The lowest BCUT2D eigenvalue weighted by atomic mass is 9.77. The largest absolute Gasteiger partial charge is 0.416 e. The number of fused-ring (bicyclic) bond motifs is 1. The molecule has 0 spiro atoms. The van der Waals surface area contributed by atoms with Crippen LogP contribution in [0.4, 0.5) is 23.2 Å². The molecule has 0 aliphatic heterocycles. The summed E-state index contributed by atoms with van der Waals surface area (Å²) in [6, 6.07) is 16.9. The van der Waals surface area contributed by atoms with Crippen LogP contribution < -0.4 is 5.32 Å². The number of nitrogens with zero attached hydrogens (tertiary/aromatic N) is 3. The number of carbonyl (C=O) groups is 1. The van der Waals surface area contributed by atoms with Gasteiger partial charge < -0.3 is 14.8 Å². The number of imidazole rings is 1. The fourth-order valence-electron chi connectivity index (χ4n) is 5.68. The summed E-state index contributed by atoms with van der Waals surface area (Å²) in [6.07, 6.45) is -0.732. The van der Waals surface area contributed by atoms with Crippen LogP contribution in [0, 0.1) is 11.7 Å². The van der Waals surface area contributed by atoms with Crippen molar-refractivity contribution >= 4 is 22.6 Å². The molecule has 5 nitrogen and oxygen atoms in total. The third-order valence-corrected chi connectivity index (χ3v) is 8.07. The second kappa shape index (κ2) is 11.6. The summed E-state index contributed by atoms with van der Waals surface area (Å²) in [5.41, 5.74) is 4.05. The van der Waals surface area contributed by atoms with Crippen molar-refractivity contribution in [3.8, 4) is 11.1 Å².